The van der Waals surface area contributed by atoms with Gasteiger partial charge in [0.05, 0.1) is 0 Å². The second-order valence-electron chi connectivity index (χ2n) is 4.07. The third-order valence-electron chi connectivity index (χ3n) is 2.53. The number of urea groups is 1. The number of unbranched alkanes of at least 4 members (excludes halogenated alkanes) is 1. The Morgan fingerprint density at radius 3 is 2.12 bits per heavy atom. The van der Waals surface area contributed by atoms with Gasteiger partial charge in [-0.05, 0) is 51.9 Å². The highest BCUT2D eigenvalue weighted by Gasteiger charge is 2.07. The lowest BCUT2D eigenvalue weighted by atomic mass is 10.2. The summed E-state index contributed by atoms with van der Waals surface area (Å²) in [5.41, 5.74) is 16.1. The molecule has 0 atom stereocenters. The number of hydrogen-bond donors (Lipinski definition) is 4. The van der Waals surface area contributed by atoms with Gasteiger partial charge in [0.25, 0.3) is 0 Å². The van der Waals surface area contributed by atoms with Crippen LogP contribution in [-0.4, -0.2) is 50.2 Å². The maximum atomic E-state index is 11.1. The number of nitrogens with one attached hydrogen (secondary N) is 1. The second kappa shape index (κ2) is 11.6. The molecule has 0 aliphatic carbocycles. The van der Waals surface area contributed by atoms with Gasteiger partial charge >= 0.3 is 6.03 Å². The number of hydrogen-bond acceptors (Lipinski definition) is 4. The van der Waals surface area contributed by atoms with E-state index in [1.165, 1.54) is 0 Å². The van der Waals surface area contributed by atoms with Crippen molar-refractivity contribution in [1.29, 1.82) is 0 Å². The van der Waals surface area contributed by atoms with Gasteiger partial charge in [-0.3, -0.25) is 0 Å². The standard InChI is InChI=1S/C11H27N5O/c12-5-3-8-15-7-1-2-9-16(11(14)17)10-4-6-13/h15H,1-10,12-13H2,(H2,14,17). The molecule has 0 radical (unpaired) electrons. The molecule has 0 aromatic heterocycles. The topological polar surface area (TPSA) is 110 Å². The van der Waals surface area contributed by atoms with Crippen molar-refractivity contribution >= 4 is 6.03 Å². The molecule has 0 fully saturated rings. The summed E-state index contributed by atoms with van der Waals surface area (Å²) in [6.07, 6.45) is 3.81. The molecule has 0 aromatic rings. The van der Waals surface area contributed by atoms with Crippen LogP contribution in [0, 0.1) is 0 Å². The third kappa shape index (κ3) is 10.0. The van der Waals surface area contributed by atoms with Gasteiger partial charge in [0.15, 0.2) is 0 Å². The van der Waals surface area contributed by atoms with Gasteiger partial charge in [-0.1, -0.05) is 0 Å². The molecule has 0 bridgehead atoms. The first-order valence-corrected chi connectivity index (χ1v) is 6.37. The maximum Gasteiger partial charge on any atom is 0.314 e. The van der Waals surface area contributed by atoms with Crippen molar-refractivity contribution in [1.82, 2.24) is 10.2 Å². The highest BCUT2D eigenvalue weighted by molar-refractivity contribution is 5.71. The molecule has 0 rings (SSSR count). The number of rotatable bonds is 11. The quantitative estimate of drug-likeness (QED) is 0.365. The predicted octanol–water partition coefficient (Wildman–Crippen LogP) is -0.565. The summed E-state index contributed by atoms with van der Waals surface area (Å²) in [4.78, 5) is 12.7. The molecule has 0 spiro atoms. The Labute approximate surface area is 104 Å². The Bertz CT molecular complexity index is 189. The van der Waals surface area contributed by atoms with E-state index in [2.05, 4.69) is 5.32 Å². The lowest BCUT2D eigenvalue weighted by molar-refractivity contribution is 0.206. The number of carbonyl (C=O) groups excluding carboxylic acids is 1. The third-order valence-corrected chi connectivity index (χ3v) is 2.53. The van der Waals surface area contributed by atoms with Crippen molar-refractivity contribution in [3.05, 3.63) is 0 Å². The monoisotopic (exact) mass is 245 g/mol. The largest absolute Gasteiger partial charge is 0.351 e. The van der Waals surface area contributed by atoms with Crippen LogP contribution in [0.15, 0.2) is 0 Å². The van der Waals surface area contributed by atoms with Crippen molar-refractivity contribution in [2.45, 2.75) is 25.7 Å². The smallest absolute Gasteiger partial charge is 0.314 e. The average Bonchev–Trinajstić information content (AvgIpc) is 2.31. The first-order chi connectivity index (χ1) is 8.22. The number of nitrogens with zero attached hydrogens (tertiary/aromatic N) is 1. The maximum absolute atomic E-state index is 11.1. The van der Waals surface area contributed by atoms with Crippen LogP contribution in [0.2, 0.25) is 0 Å². The normalized spacial score (nSPS) is 10.5. The van der Waals surface area contributed by atoms with Gasteiger partial charge in [-0.2, -0.15) is 0 Å². The van der Waals surface area contributed by atoms with Crippen molar-refractivity contribution in [2.75, 3.05) is 39.3 Å². The van der Waals surface area contributed by atoms with Gasteiger partial charge in [-0.15, -0.1) is 0 Å². The van der Waals surface area contributed by atoms with Crippen LogP contribution in [0.5, 0.6) is 0 Å². The van der Waals surface area contributed by atoms with Crippen LogP contribution in [0.1, 0.15) is 25.7 Å². The highest BCUT2D eigenvalue weighted by atomic mass is 16.2. The molecule has 0 heterocycles. The fraction of sp³-hybridized carbons (Fsp3) is 0.909. The summed E-state index contributed by atoms with van der Waals surface area (Å²) < 4.78 is 0. The zero-order valence-corrected chi connectivity index (χ0v) is 10.7. The van der Waals surface area contributed by atoms with Crippen molar-refractivity contribution < 1.29 is 4.79 Å². The Morgan fingerprint density at radius 2 is 1.53 bits per heavy atom. The van der Waals surface area contributed by atoms with E-state index in [0.717, 1.165) is 45.3 Å². The molecule has 6 heteroatoms. The molecule has 0 aliphatic heterocycles. The lowest BCUT2D eigenvalue weighted by Crippen LogP contribution is -2.38. The molecule has 0 unspecified atom stereocenters. The minimum atomic E-state index is -0.352. The molecular formula is C11H27N5O. The molecule has 2 amide bonds. The minimum Gasteiger partial charge on any atom is -0.351 e. The van der Waals surface area contributed by atoms with Gasteiger partial charge in [0, 0.05) is 13.1 Å². The van der Waals surface area contributed by atoms with Crippen LogP contribution >= 0.6 is 0 Å². The molecule has 17 heavy (non-hydrogen) atoms. The first kappa shape index (κ1) is 16.1. The summed E-state index contributed by atoms with van der Waals surface area (Å²) in [5.74, 6) is 0. The van der Waals surface area contributed by atoms with Crippen molar-refractivity contribution in [3.8, 4) is 0 Å². The van der Waals surface area contributed by atoms with E-state index >= 15 is 0 Å². The van der Waals surface area contributed by atoms with E-state index in [1.807, 2.05) is 0 Å². The van der Waals surface area contributed by atoms with Crippen LogP contribution in [-0.2, 0) is 0 Å². The Morgan fingerprint density at radius 1 is 0.941 bits per heavy atom. The van der Waals surface area contributed by atoms with E-state index in [-0.39, 0.29) is 6.03 Å². The van der Waals surface area contributed by atoms with Crippen LogP contribution in [0.3, 0.4) is 0 Å². The Hall–Kier alpha value is -0.850. The minimum absolute atomic E-state index is 0.352. The average molecular weight is 245 g/mol. The van der Waals surface area contributed by atoms with E-state index in [1.54, 1.807) is 4.90 Å². The zero-order chi connectivity index (χ0) is 12.9. The fourth-order valence-corrected chi connectivity index (χ4v) is 1.52. The number of amides is 2. The Kier molecular flexibility index (Phi) is 11.0. The highest BCUT2D eigenvalue weighted by Crippen LogP contribution is 1.96. The summed E-state index contributed by atoms with van der Waals surface area (Å²) in [5, 5.41) is 3.30. The fourth-order valence-electron chi connectivity index (χ4n) is 1.52. The van der Waals surface area contributed by atoms with E-state index in [0.29, 0.717) is 19.6 Å². The first-order valence-electron chi connectivity index (χ1n) is 6.37. The lowest BCUT2D eigenvalue weighted by Gasteiger charge is -2.19. The van der Waals surface area contributed by atoms with E-state index in [9.17, 15) is 4.79 Å². The molecule has 0 aliphatic rings. The Balaban J connectivity index is 3.44. The summed E-state index contributed by atoms with van der Waals surface area (Å²) in [6.45, 7) is 4.61. The van der Waals surface area contributed by atoms with Crippen molar-refractivity contribution in [2.24, 2.45) is 17.2 Å². The molecule has 0 saturated carbocycles. The summed E-state index contributed by atoms with van der Waals surface area (Å²) >= 11 is 0. The molecule has 102 valence electrons. The van der Waals surface area contributed by atoms with E-state index < -0.39 is 0 Å². The predicted molar refractivity (Wildman–Crippen MR) is 70.6 cm³/mol. The molecule has 7 N–H and O–H groups in total. The van der Waals surface area contributed by atoms with Crippen LogP contribution in [0.4, 0.5) is 4.79 Å². The van der Waals surface area contributed by atoms with Gasteiger partial charge < -0.3 is 27.4 Å². The molecule has 0 saturated heterocycles. The summed E-state index contributed by atoms with van der Waals surface area (Å²) in [7, 11) is 0. The number of nitrogens with two attached hydrogens (primary N) is 3. The SMILES string of the molecule is NCCCNCCCCN(CCCN)C(N)=O. The molecule has 0 aromatic carbocycles. The van der Waals surface area contributed by atoms with Crippen molar-refractivity contribution in [3.63, 3.8) is 0 Å². The number of primary amides is 1. The molecule has 6 nitrogen and oxygen atoms in total. The number of carbonyl (C=O) groups is 1. The summed E-state index contributed by atoms with van der Waals surface area (Å²) in [6, 6.07) is -0.352. The van der Waals surface area contributed by atoms with E-state index in [4.69, 9.17) is 17.2 Å². The van der Waals surface area contributed by atoms with Gasteiger partial charge in [0.2, 0.25) is 0 Å². The van der Waals surface area contributed by atoms with Gasteiger partial charge in [0.1, 0.15) is 0 Å². The zero-order valence-electron chi connectivity index (χ0n) is 10.7. The van der Waals surface area contributed by atoms with Crippen LogP contribution in [0.25, 0.3) is 0 Å². The van der Waals surface area contributed by atoms with Crippen LogP contribution < -0.4 is 22.5 Å². The molecular weight excluding hydrogens is 218 g/mol. The van der Waals surface area contributed by atoms with Gasteiger partial charge in [-0.25, -0.2) is 4.79 Å². The second-order valence-corrected chi connectivity index (χ2v) is 4.07.